The van der Waals surface area contributed by atoms with Crippen LogP contribution in [0.2, 0.25) is 0 Å². The Morgan fingerprint density at radius 3 is 2.64 bits per heavy atom. The van der Waals surface area contributed by atoms with E-state index in [4.69, 9.17) is 4.74 Å². The van der Waals surface area contributed by atoms with Crippen LogP contribution >= 0.6 is 11.8 Å². The molecule has 6 nitrogen and oxygen atoms in total. The lowest BCUT2D eigenvalue weighted by atomic mass is 10.1. The van der Waals surface area contributed by atoms with E-state index < -0.39 is 6.10 Å². The quantitative estimate of drug-likeness (QED) is 0.711. The fraction of sp³-hybridized carbons (Fsp3) is 0.600. The highest BCUT2D eigenvalue weighted by molar-refractivity contribution is 7.99. The normalized spacial score (nSPS) is 21.2. The van der Waals surface area contributed by atoms with Gasteiger partial charge in [-0.2, -0.15) is 0 Å². The smallest absolute Gasteiger partial charge is 0.228 e. The standard InChI is InChI=1S/C20H27FN4O2S/c21-16-8-6-15(7-9-16)18(26)14-28-20-23-22-19(24-10-2-1-3-11-24)25(20)13-17-5-4-12-27-17/h6-9,17-18,26H,1-5,10-14H2/t17-,18-/m0/s1. The van der Waals surface area contributed by atoms with Gasteiger partial charge >= 0.3 is 0 Å². The lowest BCUT2D eigenvalue weighted by Crippen LogP contribution is -2.33. The molecule has 152 valence electrons. The first-order chi connectivity index (χ1) is 13.7. The fourth-order valence-electron chi connectivity index (χ4n) is 3.80. The van der Waals surface area contributed by atoms with E-state index in [1.54, 1.807) is 12.1 Å². The SMILES string of the molecule is O[C@@H](CSc1nnc(N2CCCCC2)n1C[C@@H]1CCCO1)c1ccc(F)cc1. The first-order valence-electron chi connectivity index (χ1n) is 10.1. The minimum atomic E-state index is -0.683. The van der Waals surface area contributed by atoms with Crippen LogP contribution < -0.4 is 4.90 Å². The molecular formula is C20H27FN4O2S. The van der Waals surface area contributed by atoms with Crippen LogP contribution in [0.5, 0.6) is 0 Å². The Balaban J connectivity index is 1.48. The lowest BCUT2D eigenvalue weighted by Gasteiger charge is -2.28. The number of aliphatic hydroxyl groups excluding tert-OH is 1. The molecule has 0 bridgehead atoms. The minimum Gasteiger partial charge on any atom is -0.388 e. The third-order valence-corrected chi connectivity index (χ3v) is 6.41. The van der Waals surface area contributed by atoms with Gasteiger partial charge in [0.15, 0.2) is 5.16 Å². The molecule has 0 amide bonds. The van der Waals surface area contributed by atoms with Crippen molar-refractivity contribution in [2.45, 2.75) is 56.0 Å². The fourth-order valence-corrected chi connectivity index (χ4v) is 4.71. The molecule has 1 N–H and O–H groups in total. The van der Waals surface area contributed by atoms with E-state index in [-0.39, 0.29) is 11.9 Å². The van der Waals surface area contributed by atoms with Gasteiger partial charge < -0.3 is 14.7 Å². The zero-order valence-electron chi connectivity index (χ0n) is 16.0. The highest BCUT2D eigenvalue weighted by Gasteiger charge is 2.25. The number of rotatable bonds is 7. The first-order valence-corrected chi connectivity index (χ1v) is 11.1. The van der Waals surface area contributed by atoms with E-state index in [1.807, 2.05) is 0 Å². The van der Waals surface area contributed by atoms with Crippen molar-refractivity contribution in [2.75, 3.05) is 30.3 Å². The summed E-state index contributed by atoms with van der Waals surface area (Å²) in [6.45, 7) is 3.57. The van der Waals surface area contributed by atoms with Gasteiger partial charge in [0.2, 0.25) is 5.95 Å². The molecule has 0 saturated carbocycles. The second kappa shape index (κ2) is 9.24. The highest BCUT2D eigenvalue weighted by atomic mass is 32.2. The Hall–Kier alpha value is -1.64. The van der Waals surface area contributed by atoms with Gasteiger partial charge in [0.05, 0.1) is 18.8 Å². The van der Waals surface area contributed by atoms with Crippen LogP contribution in [0.3, 0.4) is 0 Å². The molecule has 3 heterocycles. The third-order valence-electron chi connectivity index (χ3n) is 5.37. The summed E-state index contributed by atoms with van der Waals surface area (Å²) in [7, 11) is 0. The van der Waals surface area contributed by atoms with E-state index in [9.17, 15) is 9.50 Å². The van der Waals surface area contributed by atoms with Crippen molar-refractivity contribution >= 4 is 17.7 Å². The van der Waals surface area contributed by atoms with Gasteiger partial charge in [-0.1, -0.05) is 23.9 Å². The molecule has 1 aromatic heterocycles. The van der Waals surface area contributed by atoms with E-state index >= 15 is 0 Å². The molecule has 2 fully saturated rings. The summed E-state index contributed by atoms with van der Waals surface area (Å²) >= 11 is 1.49. The van der Waals surface area contributed by atoms with Crippen LogP contribution in [-0.2, 0) is 11.3 Å². The van der Waals surface area contributed by atoms with Crippen LogP contribution in [0.25, 0.3) is 0 Å². The van der Waals surface area contributed by atoms with Crippen molar-refractivity contribution in [2.24, 2.45) is 0 Å². The Morgan fingerprint density at radius 2 is 1.93 bits per heavy atom. The first kappa shape index (κ1) is 19.7. The van der Waals surface area contributed by atoms with Gasteiger partial charge in [-0.25, -0.2) is 4.39 Å². The Kier molecular flexibility index (Phi) is 6.49. The van der Waals surface area contributed by atoms with Crippen LogP contribution in [0, 0.1) is 5.82 Å². The number of aliphatic hydroxyl groups is 1. The molecule has 2 aliphatic rings. The molecule has 0 radical (unpaired) electrons. The lowest BCUT2D eigenvalue weighted by molar-refractivity contribution is 0.0951. The van der Waals surface area contributed by atoms with Crippen LogP contribution in [0.1, 0.15) is 43.8 Å². The van der Waals surface area contributed by atoms with Crippen molar-refractivity contribution in [3.8, 4) is 0 Å². The molecule has 2 aromatic rings. The van der Waals surface area contributed by atoms with Crippen LogP contribution in [0.4, 0.5) is 10.3 Å². The van der Waals surface area contributed by atoms with E-state index in [1.165, 1.54) is 43.2 Å². The predicted octanol–water partition coefficient (Wildman–Crippen LogP) is 3.41. The zero-order valence-corrected chi connectivity index (χ0v) is 16.8. The van der Waals surface area contributed by atoms with E-state index in [2.05, 4.69) is 19.7 Å². The molecule has 2 atom stereocenters. The topological polar surface area (TPSA) is 63.4 Å². The third kappa shape index (κ3) is 4.67. The average molecular weight is 407 g/mol. The molecule has 8 heteroatoms. The summed E-state index contributed by atoms with van der Waals surface area (Å²) in [4.78, 5) is 2.31. The molecule has 0 unspecified atom stereocenters. The van der Waals surface area contributed by atoms with Gasteiger partial charge in [-0.05, 0) is 49.8 Å². The largest absolute Gasteiger partial charge is 0.388 e. The van der Waals surface area contributed by atoms with Gasteiger partial charge in [-0.3, -0.25) is 4.57 Å². The number of piperidine rings is 1. The number of halogens is 1. The van der Waals surface area contributed by atoms with Gasteiger partial charge in [-0.15, -0.1) is 10.2 Å². The summed E-state index contributed by atoms with van der Waals surface area (Å²) in [6, 6.07) is 5.99. The maximum atomic E-state index is 13.1. The molecule has 4 rings (SSSR count). The average Bonchev–Trinajstić information content (AvgIpc) is 3.38. The van der Waals surface area contributed by atoms with Crippen molar-refractivity contribution in [1.29, 1.82) is 0 Å². The van der Waals surface area contributed by atoms with Crippen LogP contribution in [-0.4, -0.2) is 51.4 Å². The molecule has 2 saturated heterocycles. The van der Waals surface area contributed by atoms with Crippen molar-refractivity contribution in [3.05, 3.63) is 35.6 Å². The molecule has 0 spiro atoms. The maximum Gasteiger partial charge on any atom is 0.228 e. The van der Waals surface area contributed by atoms with Crippen molar-refractivity contribution in [3.63, 3.8) is 0 Å². The van der Waals surface area contributed by atoms with Gasteiger partial charge in [0.1, 0.15) is 5.82 Å². The molecule has 0 aliphatic carbocycles. The summed E-state index contributed by atoms with van der Waals surface area (Å²) in [5.41, 5.74) is 0.704. The number of hydrogen-bond donors (Lipinski definition) is 1. The summed E-state index contributed by atoms with van der Waals surface area (Å²) in [5.74, 6) is 1.05. The highest BCUT2D eigenvalue weighted by Crippen LogP contribution is 2.29. The summed E-state index contributed by atoms with van der Waals surface area (Å²) in [5, 5.41) is 20.2. The maximum absolute atomic E-state index is 13.1. The molecule has 2 aliphatic heterocycles. The number of nitrogens with zero attached hydrogens (tertiary/aromatic N) is 4. The summed E-state index contributed by atoms with van der Waals surface area (Å²) in [6.07, 6.45) is 5.29. The van der Waals surface area contributed by atoms with Gasteiger partial charge in [0.25, 0.3) is 0 Å². The van der Waals surface area contributed by atoms with Crippen LogP contribution in [0.15, 0.2) is 29.4 Å². The second-order valence-electron chi connectivity index (χ2n) is 7.45. The molecule has 1 aromatic carbocycles. The zero-order chi connectivity index (χ0) is 19.3. The van der Waals surface area contributed by atoms with E-state index in [0.29, 0.717) is 11.3 Å². The second-order valence-corrected chi connectivity index (χ2v) is 8.44. The Labute approximate surface area is 169 Å². The van der Waals surface area contributed by atoms with Gasteiger partial charge in [0, 0.05) is 25.4 Å². The Morgan fingerprint density at radius 1 is 1.14 bits per heavy atom. The number of thioether (sulfide) groups is 1. The summed E-state index contributed by atoms with van der Waals surface area (Å²) < 4.78 is 21.1. The van der Waals surface area contributed by atoms with E-state index in [0.717, 1.165) is 50.2 Å². The predicted molar refractivity (Wildman–Crippen MR) is 107 cm³/mol. The molecular weight excluding hydrogens is 379 g/mol. The molecule has 28 heavy (non-hydrogen) atoms. The monoisotopic (exact) mass is 406 g/mol. The number of hydrogen-bond acceptors (Lipinski definition) is 6. The number of anilines is 1. The Bertz CT molecular complexity index is 758. The number of aromatic nitrogens is 3. The minimum absolute atomic E-state index is 0.195. The number of benzene rings is 1. The number of ether oxygens (including phenoxy) is 1. The van der Waals surface area contributed by atoms with Crippen molar-refractivity contribution < 1.29 is 14.2 Å². The van der Waals surface area contributed by atoms with Crippen molar-refractivity contribution in [1.82, 2.24) is 14.8 Å².